The maximum Gasteiger partial charge on any atom is 0.306 e. The minimum absolute atomic E-state index is 0.0715. The van der Waals surface area contributed by atoms with Crippen molar-refractivity contribution in [3.8, 4) is 5.75 Å². The molecule has 0 bridgehead atoms. The zero-order chi connectivity index (χ0) is 18.7. The van der Waals surface area contributed by atoms with Gasteiger partial charge in [0, 0.05) is 16.2 Å². The highest BCUT2D eigenvalue weighted by molar-refractivity contribution is 9.10. The number of aromatic nitrogens is 1. The van der Waals surface area contributed by atoms with Crippen LogP contribution in [0.25, 0.3) is 0 Å². The lowest BCUT2D eigenvalue weighted by molar-refractivity contribution is -0.143. The van der Waals surface area contributed by atoms with Crippen molar-refractivity contribution in [3.05, 3.63) is 57.8 Å². The quantitative estimate of drug-likeness (QED) is 0.793. The van der Waals surface area contributed by atoms with Crippen molar-refractivity contribution in [2.75, 3.05) is 20.2 Å². The second-order valence-electron chi connectivity index (χ2n) is 6.70. The Morgan fingerprint density at radius 2 is 2.04 bits per heavy atom. The first kappa shape index (κ1) is 18.9. The third kappa shape index (κ3) is 4.07. The summed E-state index contributed by atoms with van der Waals surface area (Å²) in [4.78, 5) is 18.3. The number of aliphatic carboxylic acids is 1. The van der Waals surface area contributed by atoms with Crippen LogP contribution >= 0.6 is 15.9 Å². The number of pyridine rings is 1. The van der Waals surface area contributed by atoms with Gasteiger partial charge in [0.15, 0.2) is 0 Å². The lowest BCUT2D eigenvalue weighted by atomic mass is 9.92. The first-order valence-corrected chi connectivity index (χ1v) is 9.51. The molecule has 2 heterocycles. The highest BCUT2D eigenvalue weighted by Crippen LogP contribution is 2.37. The molecule has 5 nitrogen and oxygen atoms in total. The van der Waals surface area contributed by atoms with Gasteiger partial charge in [-0.15, -0.1) is 0 Å². The predicted molar refractivity (Wildman–Crippen MR) is 103 cm³/mol. The molecule has 26 heavy (non-hydrogen) atoms. The van der Waals surface area contributed by atoms with Crippen LogP contribution in [0.4, 0.5) is 0 Å². The highest BCUT2D eigenvalue weighted by atomic mass is 79.9. The summed E-state index contributed by atoms with van der Waals surface area (Å²) in [5.74, 6) is -0.155. The van der Waals surface area contributed by atoms with Crippen molar-refractivity contribution < 1.29 is 14.6 Å². The molecule has 1 saturated heterocycles. The molecule has 0 aliphatic carbocycles. The topological polar surface area (TPSA) is 62.7 Å². The average molecular weight is 419 g/mol. The summed E-state index contributed by atoms with van der Waals surface area (Å²) in [6.07, 6.45) is 3.17. The Kier molecular flexibility index (Phi) is 5.94. The number of aryl methyl sites for hydroxylation is 1. The molecule has 138 valence electrons. The first-order valence-electron chi connectivity index (χ1n) is 8.72. The summed E-state index contributed by atoms with van der Waals surface area (Å²) < 4.78 is 6.58. The molecule has 1 aromatic carbocycles. The van der Waals surface area contributed by atoms with Crippen LogP contribution in [0.2, 0.25) is 0 Å². The van der Waals surface area contributed by atoms with Crippen molar-refractivity contribution in [2.24, 2.45) is 5.92 Å². The number of likely N-dealkylation sites (tertiary alicyclic amines) is 1. The van der Waals surface area contributed by atoms with Gasteiger partial charge in [-0.05, 0) is 62.7 Å². The number of ether oxygens (including phenoxy) is 1. The highest BCUT2D eigenvalue weighted by Gasteiger charge is 2.32. The van der Waals surface area contributed by atoms with Gasteiger partial charge >= 0.3 is 5.97 Å². The van der Waals surface area contributed by atoms with Crippen LogP contribution in [0.1, 0.15) is 35.7 Å². The van der Waals surface area contributed by atoms with Crippen LogP contribution in [0.15, 0.2) is 41.0 Å². The zero-order valence-electron chi connectivity index (χ0n) is 15.0. The number of hydrogen-bond donors (Lipinski definition) is 1. The fourth-order valence-electron chi connectivity index (χ4n) is 3.51. The van der Waals surface area contributed by atoms with Gasteiger partial charge in [0.05, 0.1) is 24.8 Å². The van der Waals surface area contributed by atoms with E-state index in [4.69, 9.17) is 4.74 Å². The third-order valence-electron chi connectivity index (χ3n) is 4.94. The van der Waals surface area contributed by atoms with Gasteiger partial charge in [0.2, 0.25) is 0 Å². The number of nitrogens with zero attached hydrogens (tertiary/aromatic N) is 2. The molecule has 1 atom stereocenters. The van der Waals surface area contributed by atoms with Crippen molar-refractivity contribution in [1.82, 2.24) is 9.88 Å². The van der Waals surface area contributed by atoms with E-state index < -0.39 is 5.97 Å². The maximum absolute atomic E-state index is 11.3. The molecule has 2 aromatic rings. The summed E-state index contributed by atoms with van der Waals surface area (Å²) in [6, 6.07) is 10.0. The van der Waals surface area contributed by atoms with Gasteiger partial charge in [-0.2, -0.15) is 0 Å². The Morgan fingerprint density at radius 3 is 2.62 bits per heavy atom. The van der Waals surface area contributed by atoms with Gasteiger partial charge in [-0.1, -0.05) is 22.0 Å². The standard InChI is InChI=1S/C20H23BrN2O3/c1-13-3-5-17(22-12-13)19(16-11-15(21)4-6-18(16)26-2)23-9-7-14(8-10-23)20(24)25/h3-6,11-12,14,19H,7-10H2,1-2H3,(H,24,25). The molecular formula is C20H23BrN2O3. The molecule has 1 aromatic heterocycles. The maximum atomic E-state index is 11.3. The fraction of sp³-hybridized carbons (Fsp3) is 0.400. The van der Waals surface area contributed by atoms with Crippen LogP contribution in [0.5, 0.6) is 5.75 Å². The van der Waals surface area contributed by atoms with Crippen molar-refractivity contribution in [2.45, 2.75) is 25.8 Å². The van der Waals surface area contributed by atoms with E-state index in [0.717, 1.165) is 27.0 Å². The normalized spacial score (nSPS) is 17.0. The molecule has 0 radical (unpaired) electrons. The number of piperidine rings is 1. The number of carboxylic acids is 1. The van der Waals surface area contributed by atoms with E-state index in [9.17, 15) is 9.90 Å². The van der Waals surface area contributed by atoms with Crippen LogP contribution in [0, 0.1) is 12.8 Å². The van der Waals surface area contributed by atoms with Gasteiger partial charge in [0.25, 0.3) is 0 Å². The molecule has 3 rings (SSSR count). The monoisotopic (exact) mass is 418 g/mol. The number of hydrogen-bond acceptors (Lipinski definition) is 4. The second-order valence-corrected chi connectivity index (χ2v) is 7.61. The average Bonchev–Trinajstić information content (AvgIpc) is 2.64. The van der Waals surface area contributed by atoms with Crippen molar-refractivity contribution in [3.63, 3.8) is 0 Å². The Hall–Kier alpha value is -1.92. The summed E-state index contributed by atoms with van der Waals surface area (Å²) in [5.41, 5.74) is 3.09. The summed E-state index contributed by atoms with van der Waals surface area (Å²) in [7, 11) is 1.67. The van der Waals surface area contributed by atoms with Crippen molar-refractivity contribution >= 4 is 21.9 Å². The summed E-state index contributed by atoms with van der Waals surface area (Å²) >= 11 is 3.56. The van der Waals surface area contributed by atoms with Gasteiger partial charge < -0.3 is 9.84 Å². The molecule has 1 fully saturated rings. The molecule has 1 unspecified atom stereocenters. The van der Waals surface area contributed by atoms with Gasteiger partial charge in [-0.25, -0.2) is 0 Å². The molecule has 6 heteroatoms. The van der Waals surface area contributed by atoms with Crippen LogP contribution < -0.4 is 4.74 Å². The zero-order valence-corrected chi connectivity index (χ0v) is 16.6. The van der Waals surface area contributed by atoms with E-state index in [1.807, 2.05) is 31.3 Å². The van der Waals surface area contributed by atoms with E-state index in [0.29, 0.717) is 25.9 Å². The molecular weight excluding hydrogens is 396 g/mol. The first-order chi connectivity index (χ1) is 12.5. The Labute approximate surface area is 162 Å². The fourth-order valence-corrected chi connectivity index (χ4v) is 3.89. The molecule has 0 spiro atoms. The van der Waals surface area contributed by atoms with Crippen molar-refractivity contribution in [1.29, 1.82) is 0 Å². The SMILES string of the molecule is COc1ccc(Br)cc1C(c1ccc(C)cn1)N1CCC(C(=O)O)CC1. The minimum atomic E-state index is -0.699. The number of carboxylic acid groups (broad SMARTS) is 1. The van der Waals surface area contributed by atoms with E-state index in [2.05, 4.69) is 37.9 Å². The lowest BCUT2D eigenvalue weighted by Gasteiger charge is -2.37. The second kappa shape index (κ2) is 8.18. The van der Waals surface area contributed by atoms with Gasteiger partial charge in [-0.3, -0.25) is 14.7 Å². The van der Waals surface area contributed by atoms with E-state index in [1.54, 1.807) is 7.11 Å². The molecule has 1 N–H and O–H groups in total. The van der Waals surface area contributed by atoms with Gasteiger partial charge in [0.1, 0.15) is 5.75 Å². The Balaban J connectivity index is 1.99. The number of halogens is 1. The number of benzene rings is 1. The number of carbonyl (C=O) groups is 1. The smallest absolute Gasteiger partial charge is 0.306 e. The molecule has 0 saturated carbocycles. The lowest BCUT2D eigenvalue weighted by Crippen LogP contribution is -2.39. The summed E-state index contributed by atoms with van der Waals surface area (Å²) in [6.45, 7) is 3.45. The van der Waals surface area contributed by atoms with Crippen LogP contribution in [-0.4, -0.2) is 41.2 Å². The third-order valence-corrected chi connectivity index (χ3v) is 5.44. The van der Waals surface area contributed by atoms with Crippen LogP contribution in [-0.2, 0) is 4.79 Å². The van der Waals surface area contributed by atoms with Crippen LogP contribution in [0.3, 0.4) is 0 Å². The van der Waals surface area contributed by atoms with E-state index in [1.165, 1.54) is 0 Å². The Morgan fingerprint density at radius 1 is 1.31 bits per heavy atom. The largest absolute Gasteiger partial charge is 0.496 e. The Bertz CT molecular complexity index is 771. The molecule has 1 aliphatic heterocycles. The molecule has 0 amide bonds. The van der Waals surface area contributed by atoms with E-state index >= 15 is 0 Å². The molecule has 1 aliphatic rings. The van der Waals surface area contributed by atoms with E-state index in [-0.39, 0.29) is 12.0 Å². The minimum Gasteiger partial charge on any atom is -0.496 e. The summed E-state index contributed by atoms with van der Waals surface area (Å²) in [5, 5.41) is 9.29. The number of rotatable bonds is 5. The number of methoxy groups -OCH3 is 1. The predicted octanol–water partition coefficient (Wildman–Crippen LogP) is 4.05.